The van der Waals surface area contributed by atoms with Crippen molar-refractivity contribution in [2.24, 2.45) is 5.73 Å². The van der Waals surface area contributed by atoms with Crippen LogP contribution in [0.5, 0.6) is 11.5 Å². The predicted octanol–water partition coefficient (Wildman–Crippen LogP) is -0.752. The minimum Gasteiger partial charge on any atom is -0.508 e. The molecule has 0 spiro atoms. The smallest absolute Gasteiger partial charge is 0.326 e. The van der Waals surface area contributed by atoms with E-state index in [0.717, 1.165) is 5.56 Å². The molecule has 1 heterocycles. The first kappa shape index (κ1) is 28.4. The minimum absolute atomic E-state index is 0.00784. The van der Waals surface area contributed by atoms with E-state index in [1.807, 2.05) is 0 Å². The van der Waals surface area contributed by atoms with Crippen LogP contribution in [-0.2, 0) is 32.0 Å². The van der Waals surface area contributed by atoms with Gasteiger partial charge in [0.15, 0.2) is 0 Å². The van der Waals surface area contributed by atoms with Gasteiger partial charge in [0.25, 0.3) is 0 Å². The summed E-state index contributed by atoms with van der Waals surface area (Å²) < 4.78 is 0. The Morgan fingerprint density at radius 3 is 1.97 bits per heavy atom. The van der Waals surface area contributed by atoms with Gasteiger partial charge in [-0.05, 0) is 54.7 Å². The van der Waals surface area contributed by atoms with Crippen LogP contribution < -0.4 is 16.4 Å². The highest BCUT2D eigenvalue weighted by Crippen LogP contribution is 2.20. The molecular weight excluding hydrogens is 496 g/mol. The normalized spacial score (nSPS) is 17.3. The third-order valence-electron chi connectivity index (χ3n) is 6.35. The number of carboxylic acid groups (broad SMARTS) is 1. The van der Waals surface area contributed by atoms with Gasteiger partial charge in [-0.25, -0.2) is 4.79 Å². The number of aliphatic carboxylic acids is 1. The van der Waals surface area contributed by atoms with Gasteiger partial charge in [-0.2, -0.15) is 0 Å². The molecule has 0 saturated carbocycles. The highest BCUT2D eigenvalue weighted by Gasteiger charge is 2.38. The lowest BCUT2D eigenvalue weighted by Crippen LogP contribution is -2.58. The molecule has 12 heteroatoms. The molecule has 2 aromatic carbocycles. The molecule has 2 aromatic rings. The number of amides is 3. The Labute approximate surface area is 219 Å². The molecule has 0 aromatic heterocycles. The predicted molar refractivity (Wildman–Crippen MR) is 135 cm³/mol. The van der Waals surface area contributed by atoms with E-state index in [0.29, 0.717) is 24.9 Å². The molecule has 0 aliphatic carbocycles. The molecule has 1 aliphatic rings. The van der Waals surface area contributed by atoms with E-state index in [4.69, 9.17) is 5.73 Å². The maximum Gasteiger partial charge on any atom is 0.326 e. The van der Waals surface area contributed by atoms with E-state index in [1.165, 1.54) is 41.3 Å². The third-order valence-corrected chi connectivity index (χ3v) is 6.35. The Morgan fingerprint density at radius 1 is 0.895 bits per heavy atom. The van der Waals surface area contributed by atoms with Gasteiger partial charge in [-0.15, -0.1) is 0 Å². The lowest BCUT2D eigenvalue weighted by atomic mass is 10.0. The number of carbonyl (C=O) groups excluding carboxylic acids is 3. The Balaban J connectivity index is 1.60. The number of benzene rings is 2. The second-order valence-corrected chi connectivity index (χ2v) is 9.18. The van der Waals surface area contributed by atoms with Gasteiger partial charge in [0.2, 0.25) is 17.7 Å². The highest BCUT2D eigenvalue weighted by atomic mass is 16.4. The third kappa shape index (κ3) is 7.43. The molecule has 204 valence electrons. The largest absolute Gasteiger partial charge is 0.508 e. The average Bonchev–Trinajstić information content (AvgIpc) is 3.38. The number of likely N-dealkylation sites (tertiary alicyclic amines) is 1. The molecule has 1 saturated heterocycles. The van der Waals surface area contributed by atoms with Crippen molar-refractivity contribution in [3.8, 4) is 11.5 Å². The van der Waals surface area contributed by atoms with E-state index in [9.17, 15) is 39.6 Å². The van der Waals surface area contributed by atoms with Gasteiger partial charge in [-0.1, -0.05) is 24.3 Å². The summed E-state index contributed by atoms with van der Waals surface area (Å²) in [4.78, 5) is 51.8. The van der Waals surface area contributed by atoms with E-state index < -0.39 is 54.5 Å². The maximum atomic E-state index is 13.0. The Kier molecular flexibility index (Phi) is 9.63. The number of rotatable bonds is 11. The standard InChI is InChI=1S/C26H32N4O8/c27-19(12-15-3-7-17(32)8-4-15)25(36)30-11-1-2-22(30)24(35)29-21(14-31)23(34)28-20(26(37)38)13-16-5-9-18(33)10-6-16/h3-10,19-22,31-33H,1-2,11-14,27H2,(H,28,34)(H,29,35)(H,37,38). The van der Waals surface area contributed by atoms with Crippen LogP contribution in [0.2, 0.25) is 0 Å². The van der Waals surface area contributed by atoms with Crippen LogP contribution in [-0.4, -0.2) is 86.3 Å². The highest BCUT2D eigenvalue weighted by molar-refractivity contribution is 5.94. The number of carbonyl (C=O) groups is 4. The SMILES string of the molecule is NC(Cc1ccc(O)cc1)C(=O)N1CCCC1C(=O)NC(CO)C(=O)NC(Cc1ccc(O)cc1)C(=O)O. The molecule has 3 rings (SSSR count). The van der Waals surface area contributed by atoms with Crippen LogP contribution in [0.15, 0.2) is 48.5 Å². The van der Waals surface area contributed by atoms with Crippen molar-refractivity contribution in [3.63, 3.8) is 0 Å². The first-order valence-corrected chi connectivity index (χ1v) is 12.1. The minimum atomic E-state index is -1.44. The van der Waals surface area contributed by atoms with Crippen LogP contribution >= 0.6 is 0 Å². The fourth-order valence-electron chi connectivity index (χ4n) is 4.29. The van der Waals surface area contributed by atoms with Crippen molar-refractivity contribution in [2.45, 2.75) is 49.9 Å². The number of aliphatic hydroxyl groups excluding tert-OH is 1. The Hall–Kier alpha value is -4.16. The molecule has 0 radical (unpaired) electrons. The van der Waals surface area contributed by atoms with Crippen molar-refractivity contribution in [2.75, 3.05) is 13.2 Å². The number of aromatic hydroxyl groups is 2. The van der Waals surface area contributed by atoms with E-state index in [2.05, 4.69) is 10.6 Å². The molecule has 1 fully saturated rings. The van der Waals surface area contributed by atoms with Crippen molar-refractivity contribution >= 4 is 23.7 Å². The zero-order chi connectivity index (χ0) is 27.8. The molecule has 3 amide bonds. The number of hydrogen-bond donors (Lipinski definition) is 7. The van der Waals surface area contributed by atoms with Gasteiger partial charge in [-0.3, -0.25) is 14.4 Å². The number of nitrogens with zero attached hydrogens (tertiary/aromatic N) is 1. The molecular formula is C26H32N4O8. The maximum absolute atomic E-state index is 13.0. The van der Waals surface area contributed by atoms with Crippen molar-refractivity contribution in [1.29, 1.82) is 0 Å². The summed E-state index contributed by atoms with van der Waals surface area (Å²) in [5.41, 5.74) is 7.38. The fraction of sp³-hybridized carbons (Fsp3) is 0.385. The molecule has 38 heavy (non-hydrogen) atoms. The molecule has 12 nitrogen and oxygen atoms in total. The van der Waals surface area contributed by atoms with Crippen LogP contribution in [0.1, 0.15) is 24.0 Å². The topological polar surface area (TPSA) is 203 Å². The monoisotopic (exact) mass is 528 g/mol. The summed E-state index contributed by atoms with van der Waals surface area (Å²) in [7, 11) is 0. The van der Waals surface area contributed by atoms with Crippen molar-refractivity contribution in [3.05, 3.63) is 59.7 Å². The summed E-state index contributed by atoms with van der Waals surface area (Å²) >= 11 is 0. The number of phenols is 2. The van der Waals surface area contributed by atoms with Crippen molar-refractivity contribution in [1.82, 2.24) is 15.5 Å². The number of nitrogens with one attached hydrogen (secondary N) is 2. The summed E-state index contributed by atoms with van der Waals surface area (Å²) in [5, 5.41) is 42.8. The first-order chi connectivity index (χ1) is 18.1. The van der Waals surface area contributed by atoms with Gasteiger partial charge >= 0.3 is 5.97 Å². The second kappa shape index (κ2) is 12.9. The van der Waals surface area contributed by atoms with Gasteiger partial charge in [0.1, 0.15) is 29.6 Å². The number of carboxylic acids is 1. The van der Waals surface area contributed by atoms with Gasteiger partial charge in [0, 0.05) is 13.0 Å². The molecule has 4 atom stereocenters. The van der Waals surface area contributed by atoms with Crippen LogP contribution in [0.3, 0.4) is 0 Å². The summed E-state index contributed by atoms with van der Waals surface area (Å²) in [6, 6.07) is 7.45. The fourth-order valence-corrected chi connectivity index (χ4v) is 4.29. The zero-order valence-electron chi connectivity index (χ0n) is 20.6. The van der Waals surface area contributed by atoms with Crippen LogP contribution in [0.4, 0.5) is 0 Å². The van der Waals surface area contributed by atoms with Gasteiger partial charge in [0.05, 0.1) is 12.6 Å². The number of hydrogen-bond acceptors (Lipinski definition) is 8. The number of nitrogens with two attached hydrogens (primary N) is 1. The van der Waals surface area contributed by atoms with E-state index in [1.54, 1.807) is 12.1 Å². The molecule has 0 bridgehead atoms. The van der Waals surface area contributed by atoms with Crippen LogP contribution in [0, 0.1) is 0 Å². The van der Waals surface area contributed by atoms with Crippen molar-refractivity contribution < 1.29 is 39.6 Å². The first-order valence-electron chi connectivity index (χ1n) is 12.1. The van der Waals surface area contributed by atoms with E-state index >= 15 is 0 Å². The average molecular weight is 529 g/mol. The lowest BCUT2D eigenvalue weighted by molar-refractivity contribution is -0.143. The number of phenolic OH excluding ortho intramolecular Hbond substituents is 2. The lowest BCUT2D eigenvalue weighted by Gasteiger charge is -2.28. The second-order valence-electron chi connectivity index (χ2n) is 9.18. The quantitative estimate of drug-likeness (QED) is 0.196. The molecule has 1 aliphatic heterocycles. The number of aliphatic hydroxyl groups is 1. The molecule has 4 unspecified atom stereocenters. The van der Waals surface area contributed by atoms with Crippen LogP contribution in [0.25, 0.3) is 0 Å². The van der Waals surface area contributed by atoms with Gasteiger partial charge < -0.3 is 41.7 Å². The summed E-state index contributed by atoms with van der Waals surface area (Å²) in [6.45, 7) is -0.492. The van der Waals surface area contributed by atoms with E-state index in [-0.39, 0.29) is 24.3 Å². The Morgan fingerprint density at radius 2 is 1.45 bits per heavy atom. The zero-order valence-corrected chi connectivity index (χ0v) is 20.6. The summed E-state index contributed by atoms with van der Waals surface area (Å²) in [5.74, 6) is -3.22. The summed E-state index contributed by atoms with van der Waals surface area (Å²) in [6.07, 6.45) is 0.988. The molecule has 8 N–H and O–H groups in total. The Bertz CT molecular complexity index is 1140.